The fourth-order valence-corrected chi connectivity index (χ4v) is 3.32. The van der Waals surface area contributed by atoms with E-state index in [-0.39, 0.29) is 18.0 Å². The van der Waals surface area contributed by atoms with E-state index in [1.807, 2.05) is 18.3 Å². The normalized spacial score (nSPS) is 15.2. The number of hydrogen-bond acceptors (Lipinski definition) is 2. The predicted molar refractivity (Wildman–Crippen MR) is 91.9 cm³/mol. The third-order valence-corrected chi connectivity index (χ3v) is 5.21. The lowest BCUT2D eigenvalue weighted by Gasteiger charge is -2.19. The molecular formula is C18H25N2OS+. The second-order valence-corrected chi connectivity index (χ2v) is 6.83. The summed E-state index contributed by atoms with van der Waals surface area (Å²) in [5.41, 5.74) is 8.00. The molecule has 1 aromatic heterocycles. The van der Waals surface area contributed by atoms with Gasteiger partial charge in [0.05, 0.1) is 4.88 Å². The highest BCUT2D eigenvalue weighted by Gasteiger charge is 2.24. The van der Waals surface area contributed by atoms with Crippen molar-refractivity contribution in [3.63, 3.8) is 0 Å². The summed E-state index contributed by atoms with van der Waals surface area (Å²) in [6.07, 6.45) is 1.14. The van der Waals surface area contributed by atoms with Crippen molar-refractivity contribution in [1.29, 1.82) is 0 Å². The largest absolute Gasteiger partial charge is 0.365 e. The first-order chi connectivity index (χ1) is 10.5. The topological polar surface area (TPSA) is 59.7 Å². The number of primary amides is 1. The van der Waals surface area contributed by atoms with Gasteiger partial charge in [0.2, 0.25) is 0 Å². The summed E-state index contributed by atoms with van der Waals surface area (Å²) in [7, 11) is 0. The molecule has 4 heteroatoms. The molecule has 22 heavy (non-hydrogen) atoms. The number of thiophene rings is 1. The van der Waals surface area contributed by atoms with Crippen LogP contribution in [0.5, 0.6) is 0 Å². The van der Waals surface area contributed by atoms with Crippen LogP contribution < -0.4 is 11.1 Å². The highest BCUT2D eigenvalue weighted by atomic mass is 32.1. The maximum atomic E-state index is 11.4. The third kappa shape index (κ3) is 3.96. The molecule has 1 heterocycles. The number of nitrogens with two attached hydrogens (primary N) is 2. The molecule has 2 aromatic rings. The molecule has 4 N–H and O–H groups in total. The van der Waals surface area contributed by atoms with Gasteiger partial charge in [-0.15, -0.1) is 11.3 Å². The van der Waals surface area contributed by atoms with E-state index in [0.717, 1.165) is 6.42 Å². The minimum Gasteiger partial charge on any atom is -0.365 e. The zero-order chi connectivity index (χ0) is 16.1. The molecule has 118 valence electrons. The average molecular weight is 317 g/mol. The van der Waals surface area contributed by atoms with Crippen LogP contribution in [0.25, 0.3) is 0 Å². The molecule has 3 nitrogen and oxygen atoms in total. The summed E-state index contributed by atoms with van der Waals surface area (Å²) in [5, 5.41) is 4.12. The van der Waals surface area contributed by atoms with Crippen LogP contribution in [0.15, 0.2) is 41.8 Å². The quantitative estimate of drug-likeness (QED) is 0.810. The number of rotatable bonds is 7. The van der Waals surface area contributed by atoms with Crippen molar-refractivity contribution in [3.05, 3.63) is 57.8 Å². The lowest BCUT2D eigenvalue weighted by Crippen LogP contribution is -2.92. The molecule has 0 aliphatic carbocycles. The average Bonchev–Trinajstić information content (AvgIpc) is 3.05. The fourth-order valence-electron chi connectivity index (χ4n) is 2.49. The molecule has 3 atom stereocenters. The van der Waals surface area contributed by atoms with Crippen LogP contribution in [0, 0.1) is 0 Å². The van der Waals surface area contributed by atoms with Crippen LogP contribution in [0.2, 0.25) is 0 Å². The highest BCUT2D eigenvalue weighted by Crippen LogP contribution is 2.25. The SMILES string of the molecule is CC[C@@H](C)c1ccc([C@H]([NH2+][C@@H](C)C(N)=O)c2cccs2)cc1. The lowest BCUT2D eigenvalue weighted by atomic mass is 9.95. The van der Waals surface area contributed by atoms with Gasteiger partial charge in [0.25, 0.3) is 5.91 Å². The lowest BCUT2D eigenvalue weighted by molar-refractivity contribution is -0.704. The first-order valence-electron chi connectivity index (χ1n) is 7.80. The van der Waals surface area contributed by atoms with E-state index in [4.69, 9.17) is 5.73 Å². The molecule has 0 spiro atoms. The Bertz CT molecular complexity index is 592. The first-order valence-corrected chi connectivity index (χ1v) is 8.68. The maximum absolute atomic E-state index is 11.4. The third-order valence-electron chi connectivity index (χ3n) is 4.26. The van der Waals surface area contributed by atoms with E-state index in [2.05, 4.69) is 49.6 Å². The zero-order valence-corrected chi connectivity index (χ0v) is 14.3. The molecular weight excluding hydrogens is 292 g/mol. The summed E-state index contributed by atoms with van der Waals surface area (Å²) >= 11 is 1.71. The van der Waals surface area contributed by atoms with Crippen molar-refractivity contribution in [3.8, 4) is 0 Å². The number of benzene rings is 1. The number of amides is 1. The molecule has 0 aliphatic rings. The van der Waals surface area contributed by atoms with Gasteiger partial charge in [-0.05, 0) is 36.3 Å². The Kier molecular flexibility index (Phi) is 5.75. The number of hydrogen-bond donors (Lipinski definition) is 2. The molecule has 0 fully saturated rings. The van der Waals surface area contributed by atoms with Gasteiger partial charge in [0.15, 0.2) is 6.04 Å². The van der Waals surface area contributed by atoms with Crippen LogP contribution in [-0.2, 0) is 4.79 Å². The molecule has 0 radical (unpaired) electrons. The van der Waals surface area contributed by atoms with Crippen LogP contribution in [0.4, 0.5) is 0 Å². The molecule has 1 amide bonds. The Balaban J connectivity index is 2.27. The molecule has 0 saturated carbocycles. The van der Waals surface area contributed by atoms with Crippen molar-refractivity contribution >= 4 is 17.2 Å². The van der Waals surface area contributed by atoms with Gasteiger partial charge >= 0.3 is 0 Å². The second kappa shape index (κ2) is 7.56. The molecule has 0 saturated heterocycles. The highest BCUT2D eigenvalue weighted by molar-refractivity contribution is 7.10. The molecule has 1 aromatic carbocycles. The van der Waals surface area contributed by atoms with Crippen molar-refractivity contribution in [2.24, 2.45) is 5.73 Å². The summed E-state index contributed by atoms with van der Waals surface area (Å²) in [4.78, 5) is 12.7. The molecule has 0 unspecified atom stereocenters. The maximum Gasteiger partial charge on any atom is 0.275 e. The van der Waals surface area contributed by atoms with Crippen LogP contribution in [0.1, 0.15) is 55.2 Å². The second-order valence-electron chi connectivity index (χ2n) is 5.85. The van der Waals surface area contributed by atoms with Crippen LogP contribution in [-0.4, -0.2) is 11.9 Å². The van der Waals surface area contributed by atoms with Crippen molar-refractivity contribution in [1.82, 2.24) is 0 Å². The Morgan fingerprint density at radius 2 is 1.82 bits per heavy atom. The fraction of sp³-hybridized carbons (Fsp3) is 0.389. The molecule has 0 bridgehead atoms. The van der Waals surface area contributed by atoms with Crippen LogP contribution >= 0.6 is 11.3 Å². The number of carbonyl (C=O) groups excluding carboxylic acids is 1. The summed E-state index contributed by atoms with van der Waals surface area (Å²) in [6, 6.07) is 12.8. The van der Waals surface area contributed by atoms with Gasteiger partial charge in [-0.2, -0.15) is 0 Å². The summed E-state index contributed by atoms with van der Waals surface area (Å²) in [6.45, 7) is 6.30. The van der Waals surface area contributed by atoms with E-state index < -0.39 is 0 Å². The van der Waals surface area contributed by atoms with Gasteiger partial charge < -0.3 is 11.1 Å². The zero-order valence-electron chi connectivity index (χ0n) is 13.5. The number of carbonyl (C=O) groups is 1. The van der Waals surface area contributed by atoms with Gasteiger partial charge in [-0.25, -0.2) is 0 Å². The van der Waals surface area contributed by atoms with Crippen LogP contribution in [0.3, 0.4) is 0 Å². The van der Waals surface area contributed by atoms with Gasteiger partial charge in [-0.1, -0.05) is 44.2 Å². The molecule has 2 rings (SSSR count). The van der Waals surface area contributed by atoms with E-state index in [9.17, 15) is 4.79 Å². The van der Waals surface area contributed by atoms with E-state index in [1.54, 1.807) is 11.3 Å². The monoisotopic (exact) mass is 317 g/mol. The Morgan fingerprint density at radius 1 is 1.18 bits per heavy atom. The predicted octanol–water partition coefficient (Wildman–Crippen LogP) is 2.79. The van der Waals surface area contributed by atoms with Gasteiger partial charge in [0, 0.05) is 5.56 Å². The Labute approximate surface area is 136 Å². The standard InChI is InChI=1S/C18H24N2OS/c1-4-12(2)14-7-9-15(10-8-14)17(16-6-5-11-22-16)20-13(3)18(19)21/h5-13,17,20H,4H2,1-3H3,(H2,19,21)/p+1/t12-,13+,17+/m1/s1. The Morgan fingerprint density at radius 3 is 2.32 bits per heavy atom. The van der Waals surface area contributed by atoms with Gasteiger partial charge in [-0.3, -0.25) is 4.79 Å². The van der Waals surface area contributed by atoms with E-state index in [1.165, 1.54) is 16.0 Å². The minimum absolute atomic E-state index is 0.119. The van der Waals surface area contributed by atoms with Crippen molar-refractivity contribution < 1.29 is 10.1 Å². The smallest absolute Gasteiger partial charge is 0.275 e. The first kappa shape index (κ1) is 16.7. The van der Waals surface area contributed by atoms with E-state index in [0.29, 0.717) is 5.92 Å². The number of quaternary nitrogens is 1. The van der Waals surface area contributed by atoms with E-state index >= 15 is 0 Å². The van der Waals surface area contributed by atoms with Crippen molar-refractivity contribution in [2.45, 2.75) is 45.2 Å². The van der Waals surface area contributed by atoms with Gasteiger partial charge in [0.1, 0.15) is 6.04 Å². The molecule has 0 aliphatic heterocycles. The van der Waals surface area contributed by atoms with Crippen molar-refractivity contribution in [2.75, 3.05) is 0 Å². The summed E-state index contributed by atoms with van der Waals surface area (Å²) in [5.74, 6) is 0.292. The minimum atomic E-state index is -0.280. The summed E-state index contributed by atoms with van der Waals surface area (Å²) < 4.78 is 0. The Hall–Kier alpha value is -1.65.